The summed E-state index contributed by atoms with van der Waals surface area (Å²) >= 11 is 0. The van der Waals surface area contributed by atoms with Crippen molar-refractivity contribution in [2.45, 2.75) is 34.1 Å². The summed E-state index contributed by atoms with van der Waals surface area (Å²) in [6.07, 6.45) is 0.431. The Morgan fingerprint density at radius 1 is 1.37 bits per heavy atom. The number of amides is 1. The number of aliphatic hydroxyl groups is 1. The standard InChI is InChI=1S/C16H21NO2/c1-12-8-9-13(7-5-6-10-18)14(11-12)17-15(19)16(2,3)4/h8-9,11,18H,6,10H2,1-4H3,(H,17,19). The normalized spacial score (nSPS) is 10.6. The molecule has 102 valence electrons. The minimum atomic E-state index is -0.445. The Balaban J connectivity index is 3.02. The molecule has 1 rings (SSSR count). The molecule has 0 radical (unpaired) electrons. The summed E-state index contributed by atoms with van der Waals surface area (Å²) in [6.45, 7) is 7.62. The van der Waals surface area contributed by atoms with Crippen LogP contribution in [0.25, 0.3) is 0 Å². The molecule has 0 bridgehead atoms. The van der Waals surface area contributed by atoms with E-state index in [-0.39, 0.29) is 12.5 Å². The number of nitrogens with one attached hydrogen (secondary N) is 1. The lowest BCUT2D eigenvalue weighted by atomic mass is 9.95. The Bertz CT molecular complexity index is 516. The SMILES string of the molecule is Cc1ccc(C#CCCO)c(NC(=O)C(C)(C)C)c1. The van der Waals surface area contributed by atoms with Gasteiger partial charge in [-0.25, -0.2) is 0 Å². The van der Waals surface area contributed by atoms with Crippen molar-refractivity contribution in [2.75, 3.05) is 11.9 Å². The highest BCUT2D eigenvalue weighted by molar-refractivity contribution is 5.95. The fraction of sp³-hybridized carbons (Fsp3) is 0.438. The second-order valence-electron chi connectivity index (χ2n) is 5.53. The highest BCUT2D eigenvalue weighted by Gasteiger charge is 2.21. The van der Waals surface area contributed by atoms with Gasteiger partial charge in [-0.1, -0.05) is 38.7 Å². The van der Waals surface area contributed by atoms with Crippen LogP contribution >= 0.6 is 0 Å². The van der Waals surface area contributed by atoms with Gasteiger partial charge in [-0.15, -0.1) is 0 Å². The van der Waals surface area contributed by atoms with Gasteiger partial charge in [0.15, 0.2) is 0 Å². The van der Waals surface area contributed by atoms with Crippen LogP contribution in [0.2, 0.25) is 0 Å². The molecule has 0 saturated heterocycles. The number of anilines is 1. The Kier molecular flexibility index (Phi) is 5.14. The minimum absolute atomic E-state index is 0.0386. The van der Waals surface area contributed by atoms with E-state index >= 15 is 0 Å². The maximum Gasteiger partial charge on any atom is 0.229 e. The van der Waals surface area contributed by atoms with Crippen LogP contribution in [-0.2, 0) is 4.79 Å². The third-order valence-corrected chi connectivity index (χ3v) is 2.56. The topological polar surface area (TPSA) is 49.3 Å². The van der Waals surface area contributed by atoms with Gasteiger partial charge in [0.05, 0.1) is 12.3 Å². The van der Waals surface area contributed by atoms with Crippen LogP contribution in [0.1, 0.15) is 38.3 Å². The number of carbonyl (C=O) groups excluding carboxylic acids is 1. The predicted molar refractivity (Wildman–Crippen MR) is 77.8 cm³/mol. The van der Waals surface area contributed by atoms with E-state index in [0.29, 0.717) is 6.42 Å². The second kappa shape index (κ2) is 6.40. The fourth-order valence-electron chi connectivity index (χ4n) is 1.39. The Hall–Kier alpha value is -1.79. The smallest absolute Gasteiger partial charge is 0.229 e. The molecule has 0 aliphatic heterocycles. The van der Waals surface area contributed by atoms with Crippen molar-refractivity contribution >= 4 is 11.6 Å². The minimum Gasteiger partial charge on any atom is -0.395 e. The quantitative estimate of drug-likeness (QED) is 0.802. The number of hydrogen-bond donors (Lipinski definition) is 2. The number of hydrogen-bond acceptors (Lipinski definition) is 2. The van der Waals surface area contributed by atoms with Crippen molar-refractivity contribution < 1.29 is 9.90 Å². The second-order valence-corrected chi connectivity index (χ2v) is 5.53. The first-order valence-corrected chi connectivity index (χ1v) is 6.36. The first-order valence-electron chi connectivity index (χ1n) is 6.36. The van der Waals surface area contributed by atoms with Gasteiger partial charge in [-0.05, 0) is 24.6 Å². The fourth-order valence-corrected chi connectivity index (χ4v) is 1.39. The number of aryl methyl sites for hydroxylation is 1. The first-order chi connectivity index (χ1) is 8.84. The molecule has 0 aliphatic carbocycles. The van der Waals surface area contributed by atoms with E-state index in [2.05, 4.69) is 17.2 Å². The van der Waals surface area contributed by atoms with Crippen LogP contribution in [0.5, 0.6) is 0 Å². The molecule has 0 aliphatic rings. The number of benzene rings is 1. The molecule has 1 amide bonds. The van der Waals surface area contributed by atoms with E-state index in [9.17, 15) is 4.79 Å². The highest BCUT2D eigenvalue weighted by atomic mass is 16.2. The summed E-state index contributed by atoms with van der Waals surface area (Å²) in [5, 5.41) is 11.7. The van der Waals surface area contributed by atoms with Crippen molar-refractivity contribution in [1.82, 2.24) is 0 Å². The van der Waals surface area contributed by atoms with Crippen LogP contribution < -0.4 is 5.32 Å². The third kappa shape index (κ3) is 4.76. The van der Waals surface area contributed by atoms with Crippen molar-refractivity contribution in [3.05, 3.63) is 29.3 Å². The maximum absolute atomic E-state index is 12.0. The zero-order valence-corrected chi connectivity index (χ0v) is 12.0. The maximum atomic E-state index is 12.0. The van der Waals surface area contributed by atoms with E-state index in [4.69, 9.17) is 5.11 Å². The van der Waals surface area contributed by atoms with E-state index in [0.717, 1.165) is 16.8 Å². The summed E-state index contributed by atoms with van der Waals surface area (Å²) < 4.78 is 0. The molecule has 3 heteroatoms. The molecule has 1 aromatic carbocycles. The van der Waals surface area contributed by atoms with Crippen molar-refractivity contribution in [3.63, 3.8) is 0 Å². The van der Waals surface area contributed by atoms with Crippen LogP contribution in [0, 0.1) is 24.2 Å². The molecular weight excluding hydrogens is 238 g/mol. The zero-order valence-electron chi connectivity index (χ0n) is 12.0. The van der Waals surface area contributed by atoms with Gasteiger partial charge in [0.2, 0.25) is 5.91 Å². The van der Waals surface area contributed by atoms with E-state index in [1.807, 2.05) is 45.9 Å². The van der Waals surface area contributed by atoms with Crippen molar-refractivity contribution in [3.8, 4) is 11.8 Å². The lowest BCUT2D eigenvalue weighted by Crippen LogP contribution is -2.28. The number of rotatable bonds is 2. The largest absolute Gasteiger partial charge is 0.395 e. The summed E-state index contributed by atoms with van der Waals surface area (Å²) in [5.74, 6) is 5.81. The molecule has 0 atom stereocenters. The molecule has 1 aromatic rings. The lowest BCUT2D eigenvalue weighted by Gasteiger charge is -2.18. The monoisotopic (exact) mass is 259 g/mol. The number of aliphatic hydroxyl groups excluding tert-OH is 1. The number of carbonyl (C=O) groups is 1. The Labute approximate surface area is 115 Å². The summed E-state index contributed by atoms with van der Waals surface area (Å²) in [6, 6.07) is 5.75. The summed E-state index contributed by atoms with van der Waals surface area (Å²) in [4.78, 5) is 12.0. The molecule has 0 saturated carbocycles. The molecule has 2 N–H and O–H groups in total. The molecular formula is C16H21NO2. The van der Waals surface area contributed by atoms with E-state index in [1.165, 1.54) is 0 Å². The van der Waals surface area contributed by atoms with Crippen LogP contribution in [-0.4, -0.2) is 17.6 Å². The predicted octanol–water partition coefficient (Wildman–Crippen LogP) is 2.71. The van der Waals surface area contributed by atoms with Crippen LogP contribution in [0.15, 0.2) is 18.2 Å². The van der Waals surface area contributed by atoms with Crippen molar-refractivity contribution in [1.29, 1.82) is 0 Å². The van der Waals surface area contributed by atoms with Gasteiger partial charge in [-0.2, -0.15) is 0 Å². The summed E-state index contributed by atoms with van der Waals surface area (Å²) in [7, 11) is 0. The Morgan fingerprint density at radius 3 is 2.63 bits per heavy atom. The molecule has 0 aromatic heterocycles. The molecule has 0 heterocycles. The summed E-state index contributed by atoms with van der Waals surface area (Å²) in [5.41, 5.74) is 2.12. The van der Waals surface area contributed by atoms with Gasteiger partial charge < -0.3 is 10.4 Å². The molecule has 0 fully saturated rings. The highest BCUT2D eigenvalue weighted by Crippen LogP contribution is 2.21. The molecule has 19 heavy (non-hydrogen) atoms. The third-order valence-electron chi connectivity index (χ3n) is 2.56. The van der Waals surface area contributed by atoms with Gasteiger partial charge in [-0.3, -0.25) is 4.79 Å². The Morgan fingerprint density at radius 2 is 2.05 bits per heavy atom. The van der Waals surface area contributed by atoms with Crippen LogP contribution in [0.3, 0.4) is 0 Å². The molecule has 0 spiro atoms. The van der Waals surface area contributed by atoms with E-state index < -0.39 is 5.41 Å². The van der Waals surface area contributed by atoms with Crippen molar-refractivity contribution in [2.24, 2.45) is 5.41 Å². The molecule has 0 unspecified atom stereocenters. The average Bonchev–Trinajstić information content (AvgIpc) is 2.31. The van der Waals surface area contributed by atoms with Gasteiger partial charge in [0.25, 0.3) is 0 Å². The van der Waals surface area contributed by atoms with Gasteiger partial charge in [0.1, 0.15) is 0 Å². The van der Waals surface area contributed by atoms with Gasteiger partial charge in [0, 0.05) is 17.4 Å². The lowest BCUT2D eigenvalue weighted by molar-refractivity contribution is -0.123. The average molecular weight is 259 g/mol. The van der Waals surface area contributed by atoms with Gasteiger partial charge >= 0.3 is 0 Å². The van der Waals surface area contributed by atoms with Crippen LogP contribution in [0.4, 0.5) is 5.69 Å². The molecule has 3 nitrogen and oxygen atoms in total. The first kappa shape index (κ1) is 15.3. The van der Waals surface area contributed by atoms with E-state index in [1.54, 1.807) is 0 Å². The zero-order chi connectivity index (χ0) is 14.5.